The van der Waals surface area contributed by atoms with E-state index >= 15 is 0 Å². The topological polar surface area (TPSA) is 0 Å². The normalized spacial score (nSPS) is 11.2. The first-order valence-electron chi connectivity index (χ1n) is 15.0. The zero-order chi connectivity index (χ0) is 25.3. The van der Waals surface area contributed by atoms with E-state index in [1.807, 2.05) is 0 Å². The molecule has 0 unspecified atom stereocenters. The molecule has 0 saturated heterocycles. The van der Waals surface area contributed by atoms with Crippen molar-refractivity contribution in [3.8, 4) is 22.3 Å². The van der Waals surface area contributed by atoms with Gasteiger partial charge in [0.25, 0.3) is 0 Å². The third-order valence-electron chi connectivity index (χ3n) is 7.55. The van der Waals surface area contributed by atoms with Gasteiger partial charge in [-0.15, -0.1) is 0 Å². The summed E-state index contributed by atoms with van der Waals surface area (Å²) in [6.07, 6.45) is 21.3. The van der Waals surface area contributed by atoms with Crippen molar-refractivity contribution >= 4 is 0 Å². The number of hydrogen-bond acceptors (Lipinski definition) is 0. The molecule has 1 radical (unpaired) electrons. The van der Waals surface area contributed by atoms with E-state index in [4.69, 9.17) is 0 Å². The van der Waals surface area contributed by atoms with Crippen molar-refractivity contribution in [3.05, 3.63) is 83.9 Å². The first-order chi connectivity index (χ1) is 17.8. The molecule has 0 heteroatoms. The summed E-state index contributed by atoms with van der Waals surface area (Å²) in [4.78, 5) is 0. The summed E-state index contributed by atoms with van der Waals surface area (Å²) < 4.78 is 0. The molecule has 0 nitrogen and oxygen atoms in total. The van der Waals surface area contributed by atoms with Crippen molar-refractivity contribution in [3.63, 3.8) is 0 Å². The van der Waals surface area contributed by atoms with Crippen molar-refractivity contribution < 1.29 is 0 Å². The van der Waals surface area contributed by atoms with E-state index in [0.29, 0.717) is 0 Å². The summed E-state index contributed by atoms with van der Waals surface area (Å²) in [7, 11) is 0. The molecule has 3 aromatic rings. The predicted octanol–water partition coefficient (Wildman–Crippen LogP) is 11.4. The third kappa shape index (κ3) is 9.27. The smallest absolute Gasteiger partial charge is 0.00237 e. The van der Waals surface area contributed by atoms with Crippen molar-refractivity contribution in [2.75, 3.05) is 0 Å². The summed E-state index contributed by atoms with van der Waals surface area (Å²) in [5.41, 5.74) is 8.31. The lowest BCUT2D eigenvalue weighted by Gasteiger charge is -2.16. The van der Waals surface area contributed by atoms with E-state index in [-0.39, 0.29) is 0 Å². The molecule has 0 heterocycles. The minimum atomic E-state index is 1.16. The van der Waals surface area contributed by atoms with Crippen LogP contribution in [-0.2, 0) is 12.8 Å². The van der Waals surface area contributed by atoms with Crippen LogP contribution < -0.4 is 0 Å². The maximum absolute atomic E-state index is 3.64. The van der Waals surface area contributed by atoms with Crippen LogP contribution >= 0.6 is 0 Å². The van der Waals surface area contributed by atoms with E-state index in [0.717, 1.165) is 12.8 Å². The van der Waals surface area contributed by atoms with Crippen LogP contribution in [0.15, 0.2) is 66.7 Å². The molecular formula is C36H49. The van der Waals surface area contributed by atoms with Crippen LogP contribution in [0.3, 0.4) is 0 Å². The molecule has 3 rings (SSSR count). The summed E-state index contributed by atoms with van der Waals surface area (Å²) in [5, 5.41) is 0. The van der Waals surface area contributed by atoms with Gasteiger partial charge < -0.3 is 0 Å². The highest BCUT2D eigenvalue weighted by atomic mass is 14.2. The molecule has 0 aliphatic heterocycles. The van der Waals surface area contributed by atoms with Gasteiger partial charge in [-0.3, -0.25) is 0 Å². The van der Waals surface area contributed by atoms with Gasteiger partial charge in [0, 0.05) is 0 Å². The number of aryl methyl sites for hydroxylation is 2. The molecule has 0 aromatic heterocycles. The van der Waals surface area contributed by atoms with Gasteiger partial charge in [-0.05, 0) is 65.1 Å². The van der Waals surface area contributed by atoms with Crippen LogP contribution in [0.25, 0.3) is 22.3 Å². The molecule has 0 spiro atoms. The van der Waals surface area contributed by atoms with Crippen LogP contribution in [0.1, 0.15) is 115 Å². The number of rotatable bonds is 18. The highest BCUT2D eigenvalue weighted by molar-refractivity contribution is 5.85. The Kier molecular flexibility index (Phi) is 13.5. The summed E-state index contributed by atoms with van der Waals surface area (Å²) in [5.74, 6) is 0. The van der Waals surface area contributed by atoms with Gasteiger partial charge in [0.05, 0.1) is 0 Å². The Morgan fingerprint density at radius 1 is 0.444 bits per heavy atom. The minimum Gasteiger partial charge on any atom is -0.0654 e. The molecule has 0 aliphatic rings. The Morgan fingerprint density at radius 2 is 0.889 bits per heavy atom. The molecule has 36 heavy (non-hydrogen) atoms. The summed E-state index contributed by atoms with van der Waals surface area (Å²) >= 11 is 0. The fraction of sp³-hybridized carbons (Fsp3) is 0.500. The molecule has 0 saturated carbocycles. The summed E-state index contributed by atoms with van der Waals surface area (Å²) in [6, 6.07) is 28.3. The van der Waals surface area contributed by atoms with Crippen LogP contribution in [0.5, 0.6) is 0 Å². The molecule has 0 aliphatic carbocycles. The molecule has 0 fully saturated rings. The van der Waals surface area contributed by atoms with E-state index < -0.39 is 0 Å². The van der Waals surface area contributed by atoms with Crippen molar-refractivity contribution in [2.45, 2.75) is 117 Å². The second kappa shape index (κ2) is 17.2. The molecule has 193 valence electrons. The zero-order valence-electron chi connectivity index (χ0n) is 23.2. The van der Waals surface area contributed by atoms with E-state index in [2.05, 4.69) is 86.6 Å². The van der Waals surface area contributed by atoms with Crippen LogP contribution in [0, 0.1) is 6.07 Å². The van der Waals surface area contributed by atoms with E-state index in [1.54, 1.807) is 0 Å². The zero-order valence-corrected chi connectivity index (χ0v) is 23.2. The molecular weight excluding hydrogens is 432 g/mol. The van der Waals surface area contributed by atoms with Gasteiger partial charge in [-0.2, -0.15) is 0 Å². The fourth-order valence-corrected chi connectivity index (χ4v) is 5.41. The number of benzene rings is 3. The number of hydrogen-bond donors (Lipinski definition) is 0. The lowest BCUT2D eigenvalue weighted by atomic mass is 9.87. The Hall–Kier alpha value is -2.34. The highest BCUT2D eigenvalue weighted by Crippen LogP contribution is 2.36. The first-order valence-corrected chi connectivity index (χ1v) is 15.0. The van der Waals surface area contributed by atoms with Crippen LogP contribution in [-0.4, -0.2) is 0 Å². The lowest BCUT2D eigenvalue weighted by Crippen LogP contribution is -1.96. The maximum atomic E-state index is 3.64. The monoisotopic (exact) mass is 481 g/mol. The quantitative estimate of drug-likeness (QED) is 0.158. The van der Waals surface area contributed by atoms with Gasteiger partial charge in [-0.1, -0.05) is 158 Å². The Bertz CT molecular complexity index is 902. The molecule has 3 aromatic carbocycles. The van der Waals surface area contributed by atoms with Gasteiger partial charge >= 0.3 is 0 Å². The minimum absolute atomic E-state index is 1.16. The lowest BCUT2D eigenvalue weighted by molar-refractivity contribution is 0.589. The molecule has 0 atom stereocenters. The third-order valence-corrected chi connectivity index (χ3v) is 7.55. The second-order valence-corrected chi connectivity index (χ2v) is 10.5. The van der Waals surface area contributed by atoms with E-state index in [1.165, 1.54) is 123 Å². The number of unbranched alkanes of at least 4 members (excludes halogenated alkanes) is 12. The van der Waals surface area contributed by atoms with Crippen molar-refractivity contribution in [1.82, 2.24) is 0 Å². The standard InChI is InChI=1S/C36H49/c1-3-5-7-9-11-13-15-23-31-25-17-19-27-33(31)35-29-21-22-30-36(35)34-28-20-18-26-32(34)24-16-14-12-10-8-6-4-2/h17-22,25-29H,3-16,23-24H2,1-2H3. The molecule has 0 N–H and O–H groups in total. The Morgan fingerprint density at radius 3 is 1.47 bits per heavy atom. The maximum Gasteiger partial charge on any atom is -0.00237 e. The van der Waals surface area contributed by atoms with Crippen LogP contribution in [0.2, 0.25) is 0 Å². The van der Waals surface area contributed by atoms with Crippen LogP contribution in [0.4, 0.5) is 0 Å². The summed E-state index contributed by atoms with van der Waals surface area (Å²) in [6.45, 7) is 4.58. The van der Waals surface area contributed by atoms with Gasteiger partial charge in [0.1, 0.15) is 0 Å². The average Bonchev–Trinajstić information content (AvgIpc) is 2.92. The SMILES string of the molecule is CCCCCCCCCc1ccccc1-c1[c]cccc1-c1ccccc1CCCCCCCCC. The predicted molar refractivity (Wildman–Crippen MR) is 160 cm³/mol. The Labute approximate surface area is 222 Å². The van der Waals surface area contributed by atoms with Crippen molar-refractivity contribution in [2.24, 2.45) is 0 Å². The van der Waals surface area contributed by atoms with Gasteiger partial charge in [-0.25, -0.2) is 0 Å². The Balaban J connectivity index is 1.69. The largest absolute Gasteiger partial charge is 0.0654 e. The average molecular weight is 482 g/mol. The molecule has 0 amide bonds. The van der Waals surface area contributed by atoms with E-state index in [9.17, 15) is 0 Å². The highest BCUT2D eigenvalue weighted by Gasteiger charge is 2.13. The molecule has 0 bridgehead atoms. The second-order valence-electron chi connectivity index (χ2n) is 10.5. The first kappa shape index (κ1) is 28.2. The van der Waals surface area contributed by atoms with Gasteiger partial charge in [0.2, 0.25) is 0 Å². The fourth-order valence-electron chi connectivity index (χ4n) is 5.41. The van der Waals surface area contributed by atoms with Gasteiger partial charge in [0.15, 0.2) is 0 Å². The van der Waals surface area contributed by atoms with Crippen molar-refractivity contribution in [1.29, 1.82) is 0 Å².